The molecule has 1 fully saturated rings. The summed E-state index contributed by atoms with van der Waals surface area (Å²) in [6.07, 6.45) is 1.65. The van der Waals surface area contributed by atoms with Crippen LogP contribution in [-0.2, 0) is 0 Å². The average molecular weight is 182 g/mol. The number of rotatable bonds is 2. The van der Waals surface area contributed by atoms with Gasteiger partial charge in [0.25, 0.3) is 0 Å². The molecule has 3 nitrogen and oxygen atoms in total. The molecule has 0 radical (unpaired) electrons. The van der Waals surface area contributed by atoms with Gasteiger partial charge in [0.15, 0.2) is 0 Å². The van der Waals surface area contributed by atoms with Gasteiger partial charge in [-0.25, -0.2) is 0 Å². The SMILES string of the molecule is CC(C#N)CN1CCC(C)(O)CC1. The van der Waals surface area contributed by atoms with Crippen LogP contribution in [0.1, 0.15) is 26.7 Å². The lowest BCUT2D eigenvalue weighted by Crippen LogP contribution is -2.43. The van der Waals surface area contributed by atoms with Gasteiger partial charge in [0.05, 0.1) is 17.6 Å². The summed E-state index contributed by atoms with van der Waals surface area (Å²) in [5.74, 6) is 0.100. The van der Waals surface area contributed by atoms with E-state index in [1.165, 1.54) is 0 Å². The summed E-state index contributed by atoms with van der Waals surface area (Å²) >= 11 is 0. The number of nitrogens with zero attached hydrogens (tertiary/aromatic N) is 2. The zero-order chi connectivity index (χ0) is 9.90. The maximum Gasteiger partial charge on any atom is 0.0666 e. The van der Waals surface area contributed by atoms with Gasteiger partial charge in [0.1, 0.15) is 0 Å². The van der Waals surface area contributed by atoms with Gasteiger partial charge in [-0.2, -0.15) is 5.26 Å². The molecule has 1 unspecified atom stereocenters. The highest BCUT2D eigenvalue weighted by Gasteiger charge is 2.27. The van der Waals surface area contributed by atoms with E-state index < -0.39 is 5.60 Å². The van der Waals surface area contributed by atoms with E-state index in [0.29, 0.717) is 0 Å². The van der Waals surface area contributed by atoms with E-state index >= 15 is 0 Å². The minimum absolute atomic E-state index is 0.100. The second-order valence-electron chi connectivity index (χ2n) is 4.33. The Balaban J connectivity index is 2.30. The molecule has 1 saturated heterocycles. The number of aliphatic hydroxyl groups is 1. The number of nitriles is 1. The number of piperidine rings is 1. The Bertz CT molecular complexity index is 197. The zero-order valence-electron chi connectivity index (χ0n) is 8.45. The van der Waals surface area contributed by atoms with Crippen molar-refractivity contribution in [1.29, 1.82) is 5.26 Å². The summed E-state index contributed by atoms with van der Waals surface area (Å²) in [6, 6.07) is 2.23. The topological polar surface area (TPSA) is 47.3 Å². The predicted octanol–water partition coefficient (Wildman–Crippen LogP) is 0.993. The molecule has 1 heterocycles. The van der Waals surface area contributed by atoms with Gasteiger partial charge in [-0.3, -0.25) is 0 Å². The van der Waals surface area contributed by atoms with Crippen LogP contribution in [0, 0.1) is 17.2 Å². The lowest BCUT2D eigenvalue weighted by Gasteiger charge is -2.36. The molecule has 13 heavy (non-hydrogen) atoms. The third-order valence-electron chi connectivity index (χ3n) is 2.69. The smallest absolute Gasteiger partial charge is 0.0666 e. The quantitative estimate of drug-likeness (QED) is 0.693. The molecular formula is C10H18N2O. The fourth-order valence-corrected chi connectivity index (χ4v) is 1.65. The number of likely N-dealkylation sites (tertiary alicyclic amines) is 1. The molecule has 1 aliphatic rings. The largest absolute Gasteiger partial charge is 0.390 e. The van der Waals surface area contributed by atoms with Crippen LogP contribution in [-0.4, -0.2) is 35.2 Å². The van der Waals surface area contributed by atoms with Gasteiger partial charge in [-0.15, -0.1) is 0 Å². The predicted molar refractivity (Wildman–Crippen MR) is 51.1 cm³/mol. The Morgan fingerprint density at radius 3 is 2.54 bits per heavy atom. The van der Waals surface area contributed by atoms with Gasteiger partial charge in [-0.05, 0) is 26.7 Å². The Hall–Kier alpha value is -0.590. The summed E-state index contributed by atoms with van der Waals surface area (Å²) in [6.45, 7) is 6.50. The Labute approximate surface area is 80.0 Å². The number of hydrogen-bond donors (Lipinski definition) is 1. The summed E-state index contributed by atoms with van der Waals surface area (Å²) in [4.78, 5) is 2.26. The van der Waals surface area contributed by atoms with Crippen LogP contribution in [0.4, 0.5) is 0 Å². The van der Waals surface area contributed by atoms with Crippen molar-refractivity contribution < 1.29 is 5.11 Å². The van der Waals surface area contributed by atoms with E-state index in [1.807, 2.05) is 13.8 Å². The third kappa shape index (κ3) is 3.33. The van der Waals surface area contributed by atoms with E-state index in [2.05, 4.69) is 11.0 Å². The van der Waals surface area contributed by atoms with Gasteiger partial charge in [0.2, 0.25) is 0 Å². The van der Waals surface area contributed by atoms with Crippen LogP contribution in [0.5, 0.6) is 0 Å². The van der Waals surface area contributed by atoms with Crippen molar-refractivity contribution in [3.05, 3.63) is 0 Å². The first-order chi connectivity index (χ1) is 6.03. The molecule has 1 rings (SSSR count). The van der Waals surface area contributed by atoms with Crippen molar-refractivity contribution in [2.45, 2.75) is 32.3 Å². The Morgan fingerprint density at radius 2 is 2.08 bits per heavy atom. The minimum Gasteiger partial charge on any atom is -0.390 e. The highest BCUT2D eigenvalue weighted by Crippen LogP contribution is 2.21. The Kier molecular flexibility index (Phi) is 3.29. The molecule has 1 aliphatic heterocycles. The third-order valence-corrected chi connectivity index (χ3v) is 2.69. The van der Waals surface area contributed by atoms with E-state index in [0.717, 1.165) is 32.5 Å². The monoisotopic (exact) mass is 182 g/mol. The van der Waals surface area contributed by atoms with Crippen molar-refractivity contribution >= 4 is 0 Å². The van der Waals surface area contributed by atoms with Crippen LogP contribution in [0.3, 0.4) is 0 Å². The van der Waals surface area contributed by atoms with Crippen LogP contribution in [0.25, 0.3) is 0 Å². The van der Waals surface area contributed by atoms with Gasteiger partial charge in [0, 0.05) is 19.6 Å². The summed E-state index contributed by atoms with van der Waals surface area (Å²) < 4.78 is 0. The first-order valence-electron chi connectivity index (χ1n) is 4.88. The van der Waals surface area contributed by atoms with Crippen molar-refractivity contribution in [2.75, 3.05) is 19.6 Å². The maximum atomic E-state index is 9.69. The normalized spacial score (nSPS) is 25.1. The van der Waals surface area contributed by atoms with Gasteiger partial charge >= 0.3 is 0 Å². The molecule has 3 heteroatoms. The van der Waals surface area contributed by atoms with Gasteiger partial charge < -0.3 is 10.0 Å². The lowest BCUT2D eigenvalue weighted by atomic mass is 9.93. The molecule has 0 bridgehead atoms. The zero-order valence-corrected chi connectivity index (χ0v) is 8.45. The standard InChI is InChI=1S/C10H18N2O/c1-9(7-11)8-12-5-3-10(2,13)4-6-12/h9,13H,3-6,8H2,1-2H3. The average Bonchev–Trinajstić information content (AvgIpc) is 2.08. The van der Waals surface area contributed by atoms with Crippen molar-refractivity contribution in [2.24, 2.45) is 5.92 Å². The second-order valence-corrected chi connectivity index (χ2v) is 4.33. The molecule has 1 atom stereocenters. The molecular weight excluding hydrogens is 164 g/mol. The molecule has 0 aromatic carbocycles. The molecule has 74 valence electrons. The van der Waals surface area contributed by atoms with Crippen LogP contribution < -0.4 is 0 Å². The molecule has 1 N–H and O–H groups in total. The maximum absolute atomic E-state index is 9.69. The first-order valence-corrected chi connectivity index (χ1v) is 4.88. The second kappa shape index (κ2) is 4.08. The molecule has 0 aromatic rings. The highest BCUT2D eigenvalue weighted by molar-refractivity contribution is 4.86. The number of hydrogen-bond acceptors (Lipinski definition) is 3. The van der Waals surface area contributed by atoms with Crippen LogP contribution in [0.15, 0.2) is 0 Å². The highest BCUT2D eigenvalue weighted by atomic mass is 16.3. The van der Waals surface area contributed by atoms with Crippen molar-refractivity contribution in [3.8, 4) is 6.07 Å². The summed E-state index contributed by atoms with van der Waals surface area (Å²) in [7, 11) is 0. The Morgan fingerprint density at radius 1 is 1.54 bits per heavy atom. The molecule has 0 aliphatic carbocycles. The van der Waals surface area contributed by atoms with E-state index in [9.17, 15) is 5.11 Å². The fourth-order valence-electron chi connectivity index (χ4n) is 1.65. The summed E-state index contributed by atoms with van der Waals surface area (Å²) in [5, 5.41) is 18.3. The summed E-state index contributed by atoms with van der Waals surface area (Å²) in [5.41, 5.74) is -0.480. The molecule has 0 amide bonds. The van der Waals surface area contributed by atoms with Crippen molar-refractivity contribution in [3.63, 3.8) is 0 Å². The van der Waals surface area contributed by atoms with Crippen molar-refractivity contribution in [1.82, 2.24) is 4.90 Å². The van der Waals surface area contributed by atoms with E-state index in [1.54, 1.807) is 0 Å². The van der Waals surface area contributed by atoms with E-state index in [-0.39, 0.29) is 5.92 Å². The minimum atomic E-state index is -0.480. The van der Waals surface area contributed by atoms with Crippen LogP contribution in [0.2, 0.25) is 0 Å². The molecule has 0 saturated carbocycles. The lowest BCUT2D eigenvalue weighted by molar-refractivity contribution is -0.00680. The van der Waals surface area contributed by atoms with Gasteiger partial charge in [-0.1, -0.05) is 0 Å². The fraction of sp³-hybridized carbons (Fsp3) is 0.900. The van der Waals surface area contributed by atoms with E-state index in [4.69, 9.17) is 5.26 Å². The van der Waals surface area contributed by atoms with Crippen LogP contribution >= 0.6 is 0 Å². The first kappa shape index (κ1) is 10.5. The molecule has 0 spiro atoms. The molecule has 0 aromatic heterocycles.